The average molecular weight is 363 g/mol. The van der Waals surface area contributed by atoms with Gasteiger partial charge >= 0.3 is 0 Å². The molecular weight excluding hydrogens is 346 g/mol. The molecule has 130 valence electrons. The fourth-order valence-corrected chi connectivity index (χ4v) is 4.55. The van der Waals surface area contributed by atoms with Crippen LogP contribution in [0, 0.1) is 0 Å². The lowest BCUT2D eigenvalue weighted by atomic mass is 9.95. The van der Waals surface area contributed by atoms with Gasteiger partial charge in [-0.05, 0) is 10.9 Å². The van der Waals surface area contributed by atoms with E-state index in [1.807, 2.05) is 17.5 Å². The van der Waals surface area contributed by atoms with Gasteiger partial charge in [0.25, 0.3) is 5.56 Å². The van der Waals surface area contributed by atoms with Gasteiger partial charge in [-0.25, -0.2) is 4.98 Å². The van der Waals surface area contributed by atoms with E-state index in [4.69, 9.17) is 0 Å². The number of rotatable bonds is 2. The van der Waals surface area contributed by atoms with Crippen LogP contribution in [-0.4, -0.2) is 27.1 Å². The number of thiazole rings is 1. The van der Waals surface area contributed by atoms with Crippen LogP contribution in [-0.2, 0) is 13.0 Å². The van der Waals surface area contributed by atoms with Gasteiger partial charge in [0.1, 0.15) is 0 Å². The van der Waals surface area contributed by atoms with Crippen LogP contribution < -0.4 is 10.5 Å². The Hall–Kier alpha value is -2.70. The lowest BCUT2D eigenvalue weighted by molar-refractivity contribution is 0.175. The van der Waals surface area contributed by atoms with Crippen molar-refractivity contribution in [1.82, 2.24) is 9.38 Å². The van der Waals surface area contributed by atoms with E-state index in [9.17, 15) is 9.90 Å². The van der Waals surface area contributed by atoms with Crippen LogP contribution in [0.2, 0.25) is 0 Å². The lowest BCUT2D eigenvalue weighted by Gasteiger charge is -2.35. The molecule has 5 rings (SSSR count). The number of β-amino-alcohol motifs (C(OH)–C–C–N with tert-alkyl or cyclic N) is 1. The second kappa shape index (κ2) is 5.93. The number of aliphatic hydroxyl groups excluding tert-OH is 1. The van der Waals surface area contributed by atoms with Crippen molar-refractivity contribution >= 4 is 32.8 Å². The monoisotopic (exact) mass is 363 g/mol. The second-order valence-corrected chi connectivity index (χ2v) is 7.55. The molecule has 0 saturated heterocycles. The minimum Gasteiger partial charge on any atom is -0.391 e. The van der Waals surface area contributed by atoms with Gasteiger partial charge in [0.15, 0.2) is 4.96 Å². The van der Waals surface area contributed by atoms with Crippen molar-refractivity contribution in [2.24, 2.45) is 0 Å². The quantitative estimate of drug-likeness (QED) is 0.595. The summed E-state index contributed by atoms with van der Waals surface area (Å²) in [5.41, 5.74) is 2.94. The first kappa shape index (κ1) is 15.5. The average Bonchev–Trinajstić information content (AvgIpc) is 3.10. The van der Waals surface area contributed by atoms with Crippen molar-refractivity contribution in [3.05, 3.63) is 75.7 Å². The van der Waals surface area contributed by atoms with E-state index in [-0.39, 0.29) is 5.56 Å². The lowest BCUT2D eigenvalue weighted by Crippen LogP contribution is -2.38. The van der Waals surface area contributed by atoms with Crippen LogP contribution in [0.25, 0.3) is 15.7 Å². The number of anilines is 1. The molecule has 26 heavy (non-hydrogen) atoms. The molecule has 0 radical (unpaired) electrons. The molecule has 1 N–H and O–H groups in total. The van der Waals surface area contributed by atoms with Gasteiger partial charge < -0.3 is 10.0 Å². The zero-order valence-corrected chi connectivity index (χ0v) is 14.8. The Morgan fingerprint density at radius 1 is 1.23 bits per heavy atom. The van der Waals surface area contributed by atoms with Gasteiger partial charge in [0.2, 0.25) is 0 Å². The number of benzene rings is 2. The maximum atomic E-state index is 12.3. The van der Waals surface area contributed by atoms with Gasteiger partial charge in [-0.1, -0.05) is 36.4 Å². The predicted molar refractivity (Wildman–Crippen MR) is 104 cm³/mol. The molecule has 2 aromatic heterocycles. The van der Waals surface area contributed by atoms with Crippen molar-refractivity contribution in [3.8, 4) is 0 Å². The van der Waals surface area contributed by atoms with Gasteiger partial charge in [0, 0.05) is 41.7 Å². The molecular formula is C20H17N3O2S. The number of hydrogen-bond donors (Lipinski definition) is 1. The Morgan fingerprint density at radius 3 is 3.04 bits per heavy atom. The fourth-order valence-electron chi connectivity index (χ4n) is 3.81. The summed E-state index contributed by atoms with van der Waals surface area (Å²) in [4.78, 5) is 19.8. The third-order valence-corrected chi connectivity index (χ3v) is 5.65. The van der Waals surface area contributed by atoms with E-state index in [1.54, 1.807) is 16.7 Å². The number of aromatic nitrogens is 2. The molecule has 0 spiro atoms. The largest absolute Gasteiger partial charge is 0.391 e. The molecule has 1 aliphatic heterocycles. The van der Waals surface area contributed by atoms with Crippen LogP contribution >= 0.6 is 11.3 Å². The van der Waals surface area contributed by atoms with Crippen molar-refractivity contribution in [1.29, 1.82) is 0 Å². The molecule has 0 aliphatic carbocycles. The smallest absolute Gasteiger partial charge is 0.258 e. The zero-order valence-electron chi connectivity index (χ0n) is 14.0. The van der Waals surface area contributed by atoms with E-state index in [0.717, 1.165) is 16.9 Å². The molecule has 4 aromatic rings. The van der Waals surface area contributed by atoms with Crippen molar-refractivity contribution in [2.45, 2.75) is 19.1 Å². The van der Waals surface area contributed by atoms with Crippen LogP contribution in [0.15, 0.2) is 58.8 Å². The van der Waals surface area contributed by atoms with Crippen molar-refractivity contribution in [2.75, 3.05) is 11.4 Å². The molecule has 5 nitrogen and oxygen atoms in total. The first-order chi connectivity index (χ1) is 12.7. The fraction of sp³-hybridized carbons (Fsp3) is 0.200. The minimum atomic E-state index is -0.421. The molecule has 2 aromatic carbocycles. The molecule has 0 bridgehead atoms. The summed E-state index contributed by atoms with van der Waals surface area (Å²) in [6.07, 6.45) is 1.97. The molecule has 6 heteroatoms. The Kier molecular flexibility index (Phi) is 3.55. The van der Waals surface area contributed by atoms with Crippen LogP contribution in [0.5, 0.6) is 0 Å². The third kappa shape index (κ3) is 2.50. The van der Waals surface area contributed by atoms with Crippen molar-refractivity contribution in [3.63, 3.8) is 0 Å². The normalized spacial score (nSPS) is 17.0. The first-order valence-corrected chi connectivity index (χ1v) is 9.46. The van der Waals surface area contributed by atoms with E-state index in [0.29, 0.717) is 24.5 Å². The summed E-state index contributed by atoms with van der Waals surface area (Å²) in [6, 6.07) is 14.1. The minimum absolute atomic E-state index is 0.0676. The SMILES string of the molecule is O=c1cc(CN2C[C@@H](O)Cc3ccc4ccccc4c32)nc2sccn12. The number of hydrogen-bond acceptors (Lipinski definition) is 5. The Morgan fingerprint density at radius 2 is 2.12 bits per heavy atom. The van der Waals surface area contributed by atoms with Gasteiger partial charge in [-0.3, -0.25) is 9.20 Å². The van der Waals surface area contributed by atoms with Crippen LogP contribution in [0.4, 0.5) is 5.69 Å². The summed E-state index contributed by atoms with van der Waals surface area (Å²) in [7, 11) is 0. The van der Waals surface area contributed by atoms with E-state index in [1.165, 1.54) is 22.1 Å². The summed E-state index contributed by atoms with van der Waals surface area (Å²) in [5.74, 6) is 0. The summed E-state index contributed by atoms with van der Waals surface area (Å²) >= 11 is 1.45. The summed E-state index contributed by atoms with van der Waals surface area (Å²) in [6.45, 7) is 1.04. The summed E-state index contributed by atoms with van der Waals surface area (Å²) < 4.78 is 1.56. The zero-order chi connectivity index (χ0) is 17.7. The van der Waals surface area contributed by atoms with Crippen molar-refractivity contribution < 1.29 is 5.11 Å². The van der Waals surface area contributed by atoms with Crippen LogP contribution in [0.3, 0.4) is 0 Å². The highest BCUT2D eigenvalue weighted by atomic mass is 32.1. The molecule has 0 fully saturated rings. The van der Waals surface area contributed by atoms with Crippen LogP contribution in [0.1, 0.15) is 11.3 Å². The molecule has 0 unspecified atom stereocenters. The highest BCUT2D eigenvalue weighted by Gasteiger charge is 2.25. The Balaban J connectivity index is 1.63. The van der Waals surface area contributed by atoms with Gasteiger partial charge in [-0.2, -0.15) is 0 Å². The van der Waals surface area contributed by atoms with Gasteiger partial charge in [0.05, 0.1) is 18.3 Å². The Bertz CT molecular complexity index is 1180. The standard InChI is InChI=1S/C20H17N3O2S/c24-16-9-14-6-5-13-3-1-2-4-17(13)19(14)22(12-16)11-15-10-18(25)23-7-8-26-20(23)21-15/h1-8,10,16,24H,9,11-12H2/t16-/m0/s1. The van der Waals surface area contributed by atoms with E-state index < -0.39 is 6.10 Å². The van der Waals surface area contributed by atoms with E-state index in [2.05, 4.69) is 34.1 Å². The molecule has 3 heterocycles. The first-order valence-electron chi connectivity index (χ1n) is 8.58. The maximum absolute atomic E-state index is 12.3. The molecule has 0 amide bonds. The molecule has 1 atom stereocenters. The maximum Gasteiger partial charge on any atom is 0.258 e. The second-order valence-electron chi connectivity index (χ2n) is 6.67. The molecule has 1 aliphatic rings. The number of aliphatic hydroxyl groups is 1. The number of fused-ring (bicyclic) bond motifs is 4. The topological polar surface area (TPSA) is 57.8 Å². The highest BCUT2D eigenvalue weighted by molar-refractivity contribution is 7.15. The highest BCUT2D eigenvalue weighted by Crippen LogP contribution is 2.35. The third-order valence-electron chi connectivity index (χ3n) is 4.90. The van der Waals surface area contributed by atoms with Gasteiger partial charge in [-0.15, -0.1) is 11.3 Å². The summed E-state index contributed by atoms with van der Waals surface area (Å²) in [5, 5.41) is 14.6. The predicted octanol–water partition coefficient (Wildman–Crippen LogP) is 2.83. The molecule has 0 saturated carbocycles. The number of nitrogens with zero attached hydrogens (tertiary/aromatic N) is 3. The van der Waals surface area contributed by atoms with E-state index >= 15 is 0 Å². The Labute approximate surface area is 153 Å².